The van der Waals surface area contributed by atoms with Crippen LogP contribution in [-0.4, -0.2) is 40.7 Å². The first kappa shape index (κ1) is 14.5. The van der Waals surface area contributed by atoms with Gasteiger partial charge in [0.2, 0.25) is 11.9 Å². The standard InChI is InChI=1S/C14H20BN3O3/c1-13(2)14(3,4)21-15(20-13)10-8-16-12(17-9-10)18-7-5-6-11(18)19/h8-9H,5-7H2,1-4H3. The molecule has 0 saturated carbocycles. The van der Waals surface area contributed by atoms with Gasteiger partial charge in [-0.05, 0) is 34.1 Å². The molecule has 3 rings (SSSR count). The van der Waals surface area contributed by atoms with E-state index in [9.17, 15) is 4.79 Å². The van der Waals surface area contributed by atoms with E-state index in [2.05, 4.69) is 9.97 Å². The van der Waals surface area contributed by atoms with Crippen molar-refractivity contribution in [3.63, 3.8) is 0 Å². The van der Waals surface area contributed by atoms with Crippen molar-refractivity contribution in [3.05, 3.63) is 12.4 Å². The van der Waals surface area contributed by atoms with Crippen molar-refractivity contribution >= 4 is 24.4 Å². The second kappa shape index (κ2) is 4.78. The summed E-state index contributed by atoms with van der Waals surface area (Å²) in [7, 11) is -0.474. The molecule has 0 spiro atoms. The summed E-state index contributed by atoms with van der Waals surface area (Å²) in [5.74, 6) is 0.538. The molecule has 2 aliphatic heterocycles. The summed E-state index contributed by atoms with van der Waals surface area (Å²) in [5.41, 5.74) is -0.00765. The van der Waals surface area contributed by atoms with Gasteiger partial charge in [0, 0.05) is 30.8 Å². The Kier molecular flexibility index (Phi) is 3.29. The van der Waals surface area contributed by atoms with Gasteiger partial charge < -0.3 is 9.31 Å². The lowest BCUT2D eigenvalue weighted by Gasteiger charge is -2.32. The number of amides is 1. The summed E-state index contributed by atoms with van der Waals surface area (Å²) in [5, 5.41) is 0. The van der Waals surface area contributed by atoms with Crippen LogP contribution in [0, 0.1) is 0 Å². The quantitative estimate of drug-likeness (QED) is 0.757. The number of hydrogen-bond acceptors (Lipinski definition) is 5. The third-order valence-electron chi connectivity index (χ3n) is 4.50. The third-order valence-corrected chi connectivity index (χ3v) is 4.50. The van der Waals surface area contributed by atoms with Crippen molar-refractivity contribution < 1.29 is 14.1 Å². The molecule has 2 saturated heterocycles. The number of nitrogens with zero attached hydrogens (tertiary/aromatic N) is 3. The van der Waals surface area contributed by atoms with Gasteiger partial charge in [0.05, 0.1) is 11.2 Å². The summed E-state index contributed by atoms with van der Waals surface area (Å²) < 4.78 is 11.9. The van der Waals surface area contributed by atoms with Crippen LogP contribution >= 0.6 is 0 Å². The zero-order chi connectivity index (χ0) is 15.3. The molecule has 2 fully saturated rings. The Hall–Kier alpha value is -1.47. The minimum Gasteiger partial charge on any atom is -0.399 e. The molecule has 0 aliphatic carbocycles. The molecule has 21 heavy (non-hydrogen) atoms. The average Bonchev–Trinajstić information content (AvgIpc) is 2.92. The molecule has 1 aromatic heterocycles. The molecule has 112 valence electrons. The van der Waals surface area contributed by atoms with E-state index >= 15 is 0 Å². The highest BCUT2D eigenvalue weighted by Gasteiger charge is 2.52. The van der Waals surface area contributed by atoms with Gasteiger partial charge in [-0.1, -0.05) is 0 Å². The predicted molar refractivity (Wildman–Crippen MR) is 79.3 cm³/mol. The summed E-state index contributed by atoms with van der Waals surface area (Å²) in [6.45, 7) is 8.71. The van der Waals surface area contributed by atoms with Gasteiger partial charge in [0.25, 0.3) is 0 Å². The van der Waals surface area contributed by atoms with Crippen LogP contribution in [0.3, 0.4) is 0 Å². The minimum atomic E-state index is -0.474. The van der Waals surface area contributed by atoms with Crippen LogP contribution in [0.2, 0.25) is 0 Å². The molecule has 0 aromatic carbocycles. The SMILES string of the molecule is CC1(C)OB(c2cnc(N3CCCC3=O)nc2)OC1(C)C. The van der Waals surface area contributed by atoms with E-state index in [0.717, 1.165) is 11.9 Å². The molecule has 1 aromatic rings. The Morgan fingerprint density at radius 2 is 1.71 bits per heavy atom. The molecule has 0 atom stereocenters. The van der Waals surface area contributed by atoms with Gasteiger partial charge in [-0.3, -0.25) is 9.69 Å². The van der Waals surface area contributed by atoms with E-state index in [-0.39, 0.29) is 17.1 Å². The van der Waals surface area contributed by atoms with Crippen LogP contribution in [0.25, 0.3) is 0 Å². The van der Waals surface area contributed by atoms with E-state index in [0.29, 0.717) is 18.9 Å². The van der Waals surface area contributed by atoms with Gasteiger partial charge in [0.15, 0.2) is 0 Å². The molecule has 0 N–H and O–H groups in total. The Bertz CT molecular complexity index is 543. The molecular formula is C14H20BN3O3. The molecule has 0 unspecified atom stereocenters. The first-order valence-corrected chi connectivity index (χ1v) is 7.28. The van der Waals surface area contributed by atoms with Gasteiger partial charge in [-0.2, -0.15) is 0 Å². The molecular weight excluding hydrogens is 269 g/mol. The predicted octanol–water partition coefficient (Wildman–Crippen LogP) is 0.903. The highest BCUT2D eigenvalue weighted by molar-refractivity contribution is 6.61. The molecule has 1 amide bonds. The molecule has 0 bridgehead atoms. The smallest absolute Gasteiger partial charge is 0.399 e. The van der Waals surface area contributed by atoms with E-state index in [1.807, 2.05) is 27.7 Å². The zero-order valence-electron chi connectivity index (χ0n) is 12.9. The highest BCUT2D eigenvalue weighted by atomic mass is 16.7. The van der Waals surface area contributed by atoms with E-state index < -0.39 is 7.12 Å². The Morgan fingerprint density at radius 1 is 1.14 bits per heavy atom. The van der Waals surface area contributed by atoms with Crippen LogP contribution in [0.4, 0.5) is 5.95 Å². The van der Waals surface area contributed by atoms with E-state index in [1.165, 1.54) is 0 Å². The van der Waals surface area contributed by atoms with Crippen molar-refractivity contribution in [3.8, 4) is 0 Å². The van der Waals surface area contributed by atoms with Crippen LogP contribution in [0.1, 0.15) is 40.5 Å². The van der Waals surface area contributed by atoms with Gasteiger partial charge >= 0.3 is 7.12 Å². The van der Waals surface area contributed by atoms with E-state index in [1.54, 1.807) is 17.3 Å². The largest absolute Gasteiger partial charge is 0.498 e. The number of anilines is 1. The van der Waals surface area contributed by atoms with Gasteiger partial charge in [-0.15, -0.1) is 0 Å². The summed E-state index contributed by atoms with van der Waals surface area (Å²) in [4.78, 5) is 21.9. The maximum absolute atomic E-state index is 11.7. The maximum Gasteiger partial charge on any atom is 0.498 e. The number of rotatable bonds is 2. The topological polar surface area (TPSA) is 64.5 Å². The average molecular weight is 289 g/mol. The normalized spacial score (nSPS) is 23.9. The summed E-state index contributed by atoms with van der Waals surface area (Å²) in [6, 6.07) is 0. The molecule has 6 nitrogen and oxygen atoms in total. The molecule has 2 aliphatic rings. The first-order valence-electron chi connectivity index (χ1n) is 7.28. The fourth-order valence-corrected chi connectivity index (χ4v) is 2.43. The van der Waals surface area contributed by atoms with Crippen LogP contribution in [0.5, 0.6) is 0 Å². The number of hydrogen-bond donors (Lipinski definition) is 0. The highest BCUT2D eigenvalue weighted by Crippen LogP contribution is 2.36. The Balaban J connectivity index is 1.78. The minimum absolute atomic E-state index is 0.0818. The van der Waals surface area contributed by atoms with Crippen molar-refractivity contribution in [2.24, 2.45) is 0 Å². The fraction of sp³-hybridized carbons (Fsp3) is 0.643. The number of carbonyl (C=O) groups is 1. The van der Waals surface area contributed by atoms with Crippen molar-refractivity contribution in [1.29, 1.82) is 0 Å². The fourth-order valence-electron chi connectivity index (χ4n) is 2.43. The summed E-state index contributed by atoms with van der Waals surface area (Å²) >= 11 is 0. The molecule has 0 radical (unpaired) electrons. The zero-order valence-corrected chi connectivity index (χ0v) is 12.9. The van der Waals surface area contributed by atoms with Gasteiger partial charge in [0.1, 0.15) is 0 Å². The lowest BCUT2D eigenvalue weighted by atomic mass is 9.81. The first-order chi connectivity index (χ1) is 9.80. The molecule has 3 heterocycles. The third kappa shape index (κ3) is 2.44. The maximum atomic E-state index is 11.7. The number of carbonyl (C=O) groups excluding carboxylic acids is 1. The van der Waals surface area contributed by atoms with E-state index in [4.69, 9.17) is 9.31 Å². The summed E-state index contributed by atoms with van der Waals surface area (Å²) in [6.07, 6.45) is 4.79. The Labute approximate surface area is 125 Å². The van der Waals surface area contributed by atoms with Crippen LogP contribution < -0.4 is 10.4 Å². The van der Waals surface area contributed by atoms with Gasteiger partial charge in [-0.25, -0.2) is 9.97 Å². The second-order valence-electron chi connectivity index (χ2n) is 6.55. The van der Waals surface area contributed by atoms with Crippen molar-refractivity contribution in [1.82, 2.24) is 9.97 Å². The lowest BCUT2D eigenvalue weighted by Crippen LogP contribution is -2.41. The monoisotopic (exact) mass is 289 g/mol. The molecule has 7 heteroatoms. The van der Waals surface area contributed by atoms with Crippen molar-refractivity contribution in [2.45, 2.75) is 51.7 Å². The van der Waals surface area contributed by atoms with Crippen LogP contribution in [-0.2, 0) is 14.1 Å². The second-order valence-corrected chi connectivity index (χ2v) is 6.55. The van der Waals surface area contributed by atoms with Crippen LogP contribution in [0.15, 0.2) is 12.4 Å². The number of aromatic nitrogens is 2. The van der Waals surface area contributed by atoms with Crippen molar-refractivity contribution in [2.75, 3.05) is 11.4 Å². The Morgan fingerprint density at radius 3 is 2.19 bits per heavy atom. The lowest BCUT2D eigenvalue weighted by molar-refractivity contribution is -0.117.